The average Bonchev–Trinajstić information content (AvgIpc) is 2.98. The minimum atomic E-state index is -1.79. The van der Waals surface area contributed by atoms with Gasteiger partial charge in [0.05, 0.1) is 18.8 Å². The fraction of sp³-hybridized carbons (Fsp3) is 0.444. The number of hydrogen-bond acceptors (Lipinski definition) is 15. The van der Waals surface area contributed by atoms with Crippen LogP contribution in [0.25, 0.3) is 22.6 Å². The molecule has 4 aliphatic rings. The summed E-state index contributed by atoms with van der Waals surface area (Å²) in [6.45, 7) is -1.42. The predicted molar refractivity (Wildman–Crippen MR) is 145 cm³/mol. The second-order valence-corrected chi connectivity index (χ2v) is 9.95. The molecule has 3 aliphatic heterocycles. The fourth-order valence-corrected chi connectivity index (χ4v) is 4.74. The SMILES string of the molecule is Cl.O=c1cc2oc(-c3ccc(O)cc3)c(O[C@@H]3O[C@H](CO)[C@@H](O)C(O)[C@H]3O)cc-2c(O[C@@H]2O[C@H](CO)[C@@H](O)[C@H](O)[C@H]2O)c1. The van der Waals surface area contributed by atoms with Crippen LogP contribution in [-0.2, 0) is 9.47 Å². The minimum absolute atomic E-state index is 0. The molecule has 5 rings (SSSR count). The largest absolute Gasteiger partial charge is 0.508 e. The van der Waals surface area contributed by atoms with Gasteiger partial charge in [-0.05, 0) is 30.3 Å². The lowest BCUT2D eigenvalue weighted by atomic mass is 9.99. The molecular weight excluding hydrogens is 600 g/mol. The van der Waals surface area contributed by atoms with E-state index >= 15 is 0 Å². The zero-order valence-electron chi connectivity index (χ0n) is 22.1. The molecule has 15 nitrogen and oxygen atoms in total. The van der Waals surface area contributed by atoms with Gasteiger partial charge in [0.2, 0.25) is 12.6 Å². The van der Waals surface area contributed by atoms with E-state index in [0.717, 1.165) is 12.1 Å². The molecule has 2 saturated heterocycles. The van der Waals surface area contributed by atoms with Gasteiger partial charge in [0.25, 0.3) is 0 Å². The highest BCUT2D eigenvalue weighted by atomic mass is 35.5. The number of ether oxygens (including phenoxy) is 4. The summed E-state index contributed by atoms with van der Waals surface area (Å²) in [5.74, 6) is -0.500. The minimum Gasteiger partial charge on any atom is -0.508 e. The molecule has 0 radical (unpaired) electrons. The highest BCUT2D eigenvalue weighted by Crippen LogP contribution is 2.43. The van der Waals surface area contributed by atoms with E-state index in [1.54, 1.807) is 0 Å². The third-order valence-electron chi connectivity index (χ3n) is 7.10. The average molecular weight is 631 g/mol. The van der Waals surface area contributed by atoms with Gasteiger partial charge in [-0.25, -0.2) is 0 Å². The zero-order valence-corrected chi connectivity index (χ0v) is 22.9. The van der Waals surface area contributed by atoms with Crippen LogP contribution < -0.4 is 14.9 Å². The summed E-state index contributed by atoms with van der Waals surface area (Å²) in [6, 6.07) is 9.10. The van der Waals surface area contributed by atoms with Crippen LogP contribution in [0.5, 0.6) is 17.2 Å². The lowest BCUT2D eigenvalue weighted by Crippen LogP contribution is -2.60. The van der Waals surface area contributed by atoms with Crippen molar-refractivity contribution in [2.75, 3.05) is 13.2 Å². The standard InChI is InChI=1S/C27H30O15.ClH/c28-8-17-19(32)21(34)23(36)26(41-17)39-15-6-12(31)5-14-13(15)7-16(25(38-14)10-1-3-11(30)4-2-10)40-27-24(37)22(35)20(33)18(9-29)42-27;/h1-7,17-24,26-30,32-37H,8-9H2;1H/t17-,18-,19-,20-,21+,22?,23-,24-,26-,27-;/m1./s1. The lowest BCUT2D eigenvalue weighted by Gasteiger charge is -2.40. The highest BCUT2D eigenvalue weighted by molar-refractivity contribution is 5.85. The number of aromatic hydroxyl groups is 1. The van der Waals surface area contributed by atoms with Crippen molar-refractivity contribution in [1.29, 1.82) is 0 Å². The summed E-state index contributed by atoms with van der Waals surface area (Å²) in [4.78, 5) is 12.6. The van der Waals surface area contributed by atoms with Crippen molar-refractivity contribution in [3.63, 3.8) is 0 Å². The molecule has 0 saturated carbocycles. The number of phenols is 1. The van der Waals surface area contributed by atoms with Crippen molar-refractivity contribution >= 4 is 12.4 Å². The summed E-state index contributed by atoms with van der Waals surface area (Å²) >= 11 is 0. The van der Waals surface area contributed by atoms with Gasteiger partial charge in [0.15, 0.2) is 16.9 Å². The molecule has 43 heavy (non-hydrogen) atoms. The number of benzene rings is 2. The van der Waals surface area contributed by atoms with Crippen molar-refractivity contribution in [3.05, 3.63) is 52.7 Å². The van der Waals surface area contributed by atoms with Crippen molar-refractivity contribution in [1.82, 2.24) is 0 Å². The number of fused-ring (bicyclic) bond motifs is 1. The van der Waals surface area contributed by atoms with Crippen molar-refractivity contribution in [2.24, 2.45) is 0 Å². The Balaban J connectivity index is 0.00000423. The van der Waals surface area contributed by atoms with Gasteiger partial charge >= 0.3 is 0 Å². The highest BCUT2D eigenvalue weighted by Gasteiger charge is 2.46. The van der Waals surface area contributed by atoms with E-state index in [0.29, 0.717) is 5.56 Å². The van der Waals surface area contributed by atoms with Gasteiger partial charge in [0.1, 0.15) is 66.1 Å². The zero-order chi connectivity index (χ0) is 30.3. The Morgan fingerprint density at radius 2 is 1.19 bits per heavy atom. The van der Waals surface area contributed by atoms with Gasteiger partial charge < -0.3 is 69.3 Å². The smallest absolute Gasteiger partial charge is 0.229 e. The number of halogens is 1. The van der Waals surface area contributed by atoms with Crippen molar-refractivity contribution < 1.29 is 69.3 Å². The maximum Gasteiger partial charge on any atom is 0.229 e. The first-order valence-electron chi connectivity index (χ1n) is 12.9. The van der Waals surface area contributed by atoms with Gasteiger partial charge in [-0.2, -0.15) is 0 Å². The fourth-order valence-electron chi connectivity index (χ4n) is 4.74. The molecule has 0 spiro atoms. The first-order chi connectivity index (χ1) is 20.0. The first kappa shape index (κ1) is 32.8. The number of phenolic OH excluding ortho intramolecular Hbond substituents is 1. The molecule has 1 aliphatic carbocycles. The second-order valence-electron chi connectivity index (χ2n) is 9.95. The quantitative estimate of drug-likeness (QED) is 0.136. The molecule has 0 amide bonds. The van der Waals surface area contributed by atoms with Crippen LogP contribution >= 0.6 is 12.4 Å². The molecule has 16 heteroatoms. The van der Waals surface area contributed by atoms with Gasteiger partial charge in [0, 0.05) is 17.7 Å². The molecule has 0 aromatic heterocycles. The van der Waals surface area contributed by atoms with E-state index in [9.17, 15) is 50.8 Å². The molecular formula is C27H31ClO15. The molecule has 0 bridgehead atoms. The van der Waals surface area contributed by atoms with E-state index in [1.165, 1.54) is 30.3 Å². The lowest BCUT2D eigenvalue weighted by molar-refractivity contribution is -0.277. The van der Waals surface area contributed by atoms with Crippen LogP contribution in [0.15, 0.2) is 51.7 Å². The maximum atomic E-state index is 12.6. The number of aliphatic hydroxyl groups is 8. The monoisotopic (exact) mass is 630 g/mol. The Bertz CT molecular complexity index is 1400. The van der Waals surface area contributed by atoms with Crippen LogP contribution in [0.1, 0.15) is 0 Å². The Morgan fingerprint density at radius 1 is 0.674 bits per heavy atom. The van der Waals surface area contributed by atoms with Crippen LogP contribution in [0, 0.1) is 0 Å². The third-order valence-corrected chi connectivity index (χ3v) is 7.10. The van der Waals surface area contributed by atoms with Crippen LogP contribution in [-0.4, -0.2) is 121 Å². The number of rotatable bonds is 7. The maximum absolute atomic E-state index is 12.6. The number of aliphatic hydroxyl groups excluding tert-OH is 8. The summed E-state index contributed by atoms with van der Waals surface area (Å²) in [7, 11) is 0. The Labute approximate surface area is 249 Å². The van der Waals surface area contributed by atoms with E-state index < -0.39 is 80.1 Å². The molecule has 10 atom stereocenters. The summed E-state index contributed by atoms with van der Waals surface area (Å²) in [5.41, 5.74) is -0.194. The van der Waals surface area contributed by atoms with E-state index in [1.807, 2.05) is 0 Å². The van der Waals surface area contributed by atoms with Gasteiger partial charge in [-0.1, -0.05) is 0 Å². The third kappa shape index (κ3) is 6.43. The summed E-state index contributed by atoms with van der Waals surface area (Å²) in [6.07, 6.45) is -16.2. The van der Waals surface area contributed by atoms with Crippen molar-refractivity contribution in [3.8, 4) is 39.9 Å². The van der Waals surface area contributed by atoms with Crippen LogP contribution in [0.4, 0.5) is 0 Å². The second kappa shape index (κ2) is 13.3. The molecule has 236 valence electrons. The molecule has 1 aromatic rings. The van der Waals surface area contributed by atoms with E-state index in [2.05, 4.69) is 0 Å². The predicted octanol–water partition coefficient (Wildman–Crippen LogP) is -2.10. The van der Waals surface area contributed by atoms with Crippen LogP contribution in [0.3, 0.4) is 0 Å². The Kier molecular flexibility index (Phi) is 10.2. The van der Waals surface area contributed by atoms with Crippen LogP contribution in [0.2, 0.25) is 0 Å². The number of hydrogen-bond donors (Lipinski definition) is 9. The van der Waals surface area contributed by atoms with Gasteiger partial charge in [-0.15, -0.1) is 12.4 Å². The Morgan fingerprint density at radius 3 is 1.70 bits per heavy atom. The molecule has 9 N–H and O–H groups in total. The molecule has 3 heterocycles. The molecule has 1 unspecified atom stereocenters. The van der Waals surface area contributed by atoms with E-state index in [-0.39, 0.29) is 46.7 Å². The van der Waals surface area contributed by atoms with Crippen molar-refractivity contribution in [2.45, 2.75) is 61.4 Å². The first-order valence-corrected chi connectivity index (χ1v) is 12.9. The summed E-state index contributed by atoms with van der Waals surface area (Å²) < 4.78 is 28.4. The Hall–Kier alpha value is -3.06. The topological polar surface area (TPSA) is 249 Å². The molecule has 2 fully saturated rings. The molecule has 1 aromatic carbocycles. The summed E-state index contributed by atoms with van der Waals surface area (Å²) in [5, 5.41) is 90.4. The van der Waals surface area contributed by atoms with E-state index in [4.69, 9.17) is 23.4 Å². The van der Waals surface area contributed by atoms with Gasteiger partial charge in [-0.3, -0.25) is 4.79 Å². The normalized spacial score (nSPS) is 32.7.